The number of likely N-dealkylation sites (tertiary alicyclic amines) is 1. The van der Waals surface area contributed by atoms with E-state index in [9.17, 15) is 9.59 Å². The molecule has 0 spiro atoms. The molecule has 1 atom stereocenters. The van der Waals surface area contributed by atoms with Crippen molar-refractivity contribution < 1.29 is 9.59 Å². The molecular formula is C15H21N3O2. The van der Waals surface area contributed by atoms with Crippen LogP contribution in [0.4, 0.5) is 5.82 Å². The van der Waals surface area contributed by atoms with Gasteiger partial charge in [0.15, 0.2) is 0 Å². The number of amides is 2. The Morgan fingerprint density at radius 3 is 2.95 bits per heavy atom. The number of aromatic nitrogens is 1. The molecule has 1 fully saturated rings. The van der Waals surface area contributed by atoms with E-state index in [1.807, 2.05) is 19.1 Å². The molecule has 1 aromatic rings. The average molecular weight is 275 g/mol. The molecule has 1 saturated heterocycles. The highest BCUT2D eigenvalue weighted by molar-refractivity contribution is 5.97. The molecule has 20 heavy (non-hydrogen) atoms. The van der Waals surface area contributed by atoms with Gasteiger partial charge in [-0.05, 0) is 24.5 Å². The van der Waals surface area contributed by atoms with E-state index in [1.54, 1.807) is 11.1 Å². The van der Waals surface area contributed by atoms with Gasteiger partial charge in [-0.1, -0.05) is 19.9 Å². The van der Waals surface area contributed by atoms with Crippen molar-refractivity contribution in [2.45, 2.75) is 27.2 Å². The molecule has 0 bridgehead atoms. The third-order valence-electron chi connectivity index (χ3n) is 3.42. The third-order valence-corrected chi connectivity index (χ3v) is 3.42. The summed E-state index contributed by atoms with van der Waals surface area (Å²) in [6, 6.07) is 3.72. The van der Waals surface area contributed by atoms with Crippen LogP contribution in [0.3, 0.4) is 0 Å². The largest absolute Gasteiger partial charge is 0.342 e. The van der Waals surface area contributed by atoms with Crippen molar-refractivity contribution >= 4 is 17.6 Å². The van der Waals surface area contributed by atoms with Crippen molar-refractivity contribution in [3.05, 3.63) is 23.9 Å². The number of aryl methyl sites for hydroxylation is 1. The van der Waals surface area contributed by atoms with Crippen LogP contribution in [-0.2, 0) is 9.59 Å². The maximum absolute atomic E-state index is 12.2. The fourth-order valence-corrected chi connectivity index (χ4v) is 2.40. The van der Waals surface area contributed by atoms with Crippen LogP contribution < -0.4 is 5.32 Å². The topological polar surface area (TPSA) is 62.3 Å². The van der Waals surface area contributed by atoms with Gasteiger partial charge in [0.25, 0.3) is 0 Å². The summed E-state index contributed by atoms with van der Waals surface area (Å²) in [5, 5.41) is 2.82. The molecular weight excluding hydrogens is 254 g/mol. The third kappa shape index (κ3) is 3.35. The Labute approximate surface area is 119 Å². The second-order valence-corrected chi connectivity index (χ2v) is 5.75. The molecule has 5 nitrogen and oxygen atoms in total. The number of nitrogens with zero attached hydrogens (tertiary/aromatic N) is 2. The van der Waals surface area contributed by atoms with Crippen molar-refractivity contribution in [2.75, 3.05) is 18.4 Å². The van der Waals surface area contributed by atoms with Gasteiger partial charge in [0, 0.05) is 25.7 Å². The number of hydrogen-bond acceptors (Lipinski definition) is 3. The molecule has 0 aromatic carbocycles. The minimum atomic E-state index is -0.275. The van der Waals surface area contributed by atoms with Crippen LogP contribution in [0.25, 0.3) is 0 Å². The minimum absolute atomic E-state index is 0.0663. The Morgan fingerprint density at radius 2 is 2.30 bits per heavy atom. The summed E-state index contributed by atoms with van der Waals surface area (Å²) in [5.74, 6) is 0.664. The molecule has 0 aliphatic carbocycles. The van der Waals surface area contributed by atoms with Gasteiger partial charge in [0.2, 0.25) is 11.8 Å². The lowest BCUT2D eigenvalue weighted by Crippen LogP contribution is -2.31. The summed E-state index contributed by atoms with van der Waals surface area (Å²) in [7, 11) is 0. The monoisotopic (exact) mass is 275 g/mol. The van der Waals surface area contributed by atoms with Gasteiger partial charge in [0.05, 0.1) is 5.92 Å². The van der Waals surface area contributed by atoms with Crippen molar-refractivity contribution in [3.8, 4) is 0 Å². The molecule has 2 heterocycles. The molecule has 1 N–H and O–H groups in total. The highest BCUT2D eigenvalue weighted by atomic mass is 16.2. The Kier molecular flexibility index (Phi) is 4.37. The quantitative estimate of drug-likeness (QED) is 0.912. The number of hydrogen-bond donors (Lipinski definition) is 1. The average Bonchev–Trinajstić information content (AvgIpc) is 2.73. The van der Waals surface area contributed by atoms with E-state index in [2.05, 4.69) is 24.1 Å². The van der Waals surface area contributed by atoms with E-state index < -0.39 is 0 Å². The van der Waals surface area contributed by atoms with Crippen LogP contribution in [0.1, 0.15) is 25.8 Å². The summed E-state index contributed by atoms with van der Waals surface area (Å²) in [5.41, 5.74) is 0.921. The summed E-state index contributed by atoms with van der Waals surface area (Å²) in [4.78, 5) is 30.0. The zero-order valence-corrected chi connectivity index (χ0v) is 12.2. The highest BCUT2D eigenvalue weighted by Crippen LogP contribution is 2.21. The zero-order chi connectivity index (χ0) is 14.7. The first-order valence-electron chi connectivity index (χ1n) is 6.97. The number of rotatable bonds is 4. The molecule has 1 aromatic heterocycles. The van der Waals surface area contributed by atoms with Crippen LogP contribution >= 0.6 is 0 Å². The number of carbonyl (C=O) groups excluding carboxylic acids is 2. The lowest BCUT2D eigenvalue weighted by atomic mass is 10.1. The van der Waals surface area contributed by atoms with Crippen molar-refractivity contribution in [3.63, 3.8) is 0 Å². The van der Waals surface area contributed by atoms with Crippen LogP contribution in [0, 0.1) is 18.8 Å². The van der Waals surface area contributed by atoms with Gasteiger partial charge in [-0.3, -0.25) is 9.59 Å². The molecule has 1 aliphatic rings. The number of carbonyl (C=O) groups is 2. The summed E-state index contributed by atoms with van der Waals surface area (Å²) < 4.78 is 0. The van der Waals surface area contributed by atoms with Crippen molar-refractivity contribution in [1.82, 2.24) is 9.88 Å². The Hall–Kier alpha value is -1.91. The zero-order valence-electron chi connectivity index (χ0n) is 12.2. The van der Waals surface area contributed by atoms with Crippen LogP contribution in [0.15, 0.2) is 18.3 Å². The standard InChI is InChI=1S/C15H21N3O2/c1-10(2)8-18-9-12(7-13(18)19)15(20)17-14-11(3)5-4-6-16-14/h4-6,10,12H,7-9H2,1-3H3,(H,16,17,20)/t12-/m0/s1. The Bertz CT molecular complexity index is 514. The normalized spacial score (nSPS) is 18.7. The number of nitrogens with one attached hydrogen (secondary N) is 1. The fourth-order valence-electron chi connectivity index (χ4n) is 2.40. The van der Waals surface area contributed by atoms with E-state index in [0.29, 0.717) is 31.2 Å². The van der Waals surface area contributed by atoms with Crippen LogP contribution in [0.5, 0.6) is 0 Å². The molecule has 5 heteroatoms. The van der Waals surface area contributed by atoms with Crippen molar-refractivity contribution in [2.24, 2.45) is 11.8 Å². The van der Waals surface area contributed by atoms with Crippen LogP contribution in [-0.4, -0.2) is 34.8 Å². The first kappa shape index (κ1) is 14.5. The highest BCUT2D eigenvalue weighted by Gasteiger charge is 2.34. The van der Waals surface area contributed by atoms with Crippen molar-refractivity contribution in [1.29, 1.82) is 0 Å². The van der Waals surface area contributed by atoms with Gasteiger partial charge in [-0.25, -0.2) is 4.98 Å². The maximum atomic E-state index is 12.2. The van der Waals surface area contributed by atoms with E-state index in [1.165, 1.54) is 0 Å². The smallest absolute Gasteiger partial charge is 0.230 e. The van der Waals surface area contributed by atoms with Gasteiger partial charge >= 0.3 is 0 Å². The van der Waals surface area contributed by atoms with Crippen LogP contribution in [0.2, 0.25) is 0 Å². The molecule has 0 unspecified atom stereocenters. The minimum Gasteiger partial charge on any atom is -0.342 e. The lowest BCUT2D eigenvalue weighted by Gasteiger charge is -2.18. The summed E-state index contributed by atoms with van der Waals surface area (Å²) in [6.07, 6.45) is 1.94. The van der Waals surface area contributed by atoms with Gasteiger partial charge in [-0.15, -0.1) is 0 Å². The van der Waals surface area contributed by atoms with E-state index >= 15 is 0 Å². The van der Waals surface area contributed by atoms with E-state index in [0.717, 1.165) is 5.56 Å². The Morgan fingerprint density at radius 1 is 1.55 bits per heavy atom. The maximum Gasteiger partial charge on any atom is 0.230 e. The summed E-state index contributed by atoms with van der Waals surface area (Å²) >= 11 is 0. The fraction of sp³-hybridized carbons (Fsp3) is 0.533. The lowest BCUT2D eigenvalue weighted by molar-refractivity contribution is -0.128. The second kappa shape index (κ2) is 6.03. The molecule has 2 amide bonds. The van der Waals surface area contributed by atoms with Gasteiger partial charge in [0.1, 0.15) is 5.82 Å². The SMILES string of the molecule is Cc1cccnc1NC(=O)[C@H]1CC(=O)N(CC(C)C)C1. The first-order valence-corrected chi connectivity index (χ1v) is 6.97. The Balaban J connectivity index is 1.98. The summed E-state index contributed by atoms with van der Waals surface area (Å²) in [6.45, 7) is 7.25. The molecule has 2 rings (SSSR count). The second-order valence-electron chi connectivity index (χ2n) is 5.75. The molecule has 1 aliphatic heterocycles. The number of pyridine rings is 1. The van der Waals surface area contributed by atoms with E-state index in [4.69, 9.17) is 0 Å². The molecule has 108 valence electrons. The van der Waals surface area contributed by atoms with Gasteiger partial charge in [-0.2, -0.15) is 0 Å². The molecule has 0 saturated carbocycles. The number of anilines is 1. The molecule has 0 radical (unpaired) electrons. The predicted octanol–water partition coefficient (Wildman–Crippen LogP) is 1.83. The first-order chi connectivity index (χ1) is 9.47. The van der Waals surface area contributed by atoms with Gasteiger partial charge < -0.3 is 10.2 Å². The predicted molar refractivity (Wildman–Crippen MR) is 77.1 cm³/mol. The van der Waals surface area contributed by atoms with E-state index in [-0.39, 0.29) is 17.7 Å².